The van der Waals surface area contributed by atoms with Crippen LogP contribution < -0.4 is 0 Å². The average molecular weight is 259 g/mol. The molecule has 1 aromatic rings. The van der Waals surface area contributed by atoms with E-state index in [0.717, 1.165) is 0 Å². The van der Waals surface area contributed by atoms with Gasteiger partial charge in [-0.3, -0.25) is 9.00 Å². The standard InChI is InChI=1S/C10H13NO5S/c1-6(9(12)11(2)3)17(15)8-5-4-7(16-8)10(13)14/h4-6H,1-3H3,(H,13,14). The number of carboxylic acid groups (broad SMARTS) is 1. The van der Waals surface area contributed by atoms with E-state index in [2.05, 4.69) is 0 Å². The van der Waals surface area contributed by atoms with Crippen molar-refractivity contribution >= 4 is 22.7 Å². The molecule has 2 atom stereocenters. The van der Waals surface area contributed by atoms with Crippen LogP contribution in [0.15, 0.2) is 21.6 Å². The van der Waals surface area contributed by atoms with Crippen LogP contribution in [0.3, 0.4) is 0 Å². The van der Waals surface area contributed by atoms with E-state index in [4.69, 9.17) is 9.52 Å². The van der Waals surface area contributed by atoms with E-state index < -0.39 is 22.0 Å². The molecule has 94 valence electrons. The minimum atomic E-state index is -1.70. The summed E-state index contributed by atoms with van der Waals surface area (Å²) in [6.07, 6.45) is 0. The largest absolute Gasteiger partial charge is 0.475 e. The molecule has 17 heavy (non-hydrogen) atoms. The quantitative estimate of drug-likeness (QED) is 0.853. The Bertz CT molecular complexity index is 465. The number of rotatable bonds is 4. The maximum atomic E-state index is 11.9. The maximum Gasteiger partial charge on any atom is 0.371 e. The maximum absolute atomic E-state index is 11.9. The van der Waals surface area contributed by atoms with Gasteiger partial charge in [-0.1, -0.05) is 0 Å². The second kappa shape index (κ2) is 5.13. The molecule has 0 aliphatic rings. The van der Waals surface area contributed by atoms with Crippen LogP contribution in [0.1, 0.15) is 17.5 Å². The number of carbonyl (C=O) groups is 2. The van der Waals surface area contributed by atoms with Gasteiger partial charge in [-0.05, 0) is 19.1 Å². The van der Waals surface area contributed by atoms with Crippen molar-refractivity contribution in [2.24, 2.45) is 0 Å². The molecule has 0 saturated heterocycles. The van der Waals surface area contributed by atoms with E-state index in [0.29, 0.717) is 0 Å². The summed E-state index contributed by atoms with van der Waals surface area (Å²) < 4.78 is 16.8. The molecule has 1 aromatic heterocycles. The third kappa shape index (κ3) is 2.94. The lowest BCUT2D eigenvalue weighted by Crippen LogP contribution is -2.34. The van der Waals surface area contributed by atoms with Gasteiger partial charge in [0.05, 0.1) is 0 Å². The molecule has 0 saturated carbocycles. The monoisotopic (exact) mass is 259 g/mol. The van der Waals surface area contributed by atoms with Crippen molar-refractivity contribution in [3.63, 3.8) is 0 Å². The molecule has 2 unspecified atom stereocenters. The zero-order chi connectivity index (χ0) is 13.2. The number of hydrogen-bond donors (Lipinski definition) is 1. The van der Waals surface area contributed by atoms with Crippen LogP contribution in [0.2, 0.25) is 0 Å². The second-order valence-corrected chi connectivity index (χ2v) is 5.30. The Morgan fingerprint density at radius 1 is 1.41 bits per heavy atom. The molecule has 0 aliphatic carbocycles. The average Bonchev–Trinajstić information content (AvgIpc) is 2.75. The molecular formula is C10H13NO5S. The van der Waals surface area contributed by atoms with Crippen LogP contribution >= 0.6 is 0 Å². The number of furan rings is 1. The van der Waals surface area contributed by atoms with E-state index in [1.807, 2.05) is 0 Å². The summed E-state index contributed by atoms with van der Waals surface area (Å²) in [5.41, 5.74) is 0. The Balaban J connectivity index is 2.89. The number of nitrogens with zero attached hydrogens (tertiary/aromatic N) is 1. The molecule has 0 bridgehead atoms. The topological polar surface area (TPSA) is 87.8 Å². The zero-order valence-electron chi connectivity index (χ0n) is 9.67. The predicted octanol–water partition coefficient (Wildman–Crippen LogP) is 0.562. The van der Waals surface area contributed by atoms with Gasteiger partial charge in [0, 0.05) is 14.1 Å². The van der Waals surface area contributed by atoms with Crippen molar-refractivity contribution in [3.05, 3.63) is 17.9 Å². The third-order valence-electron chi connectivity index (χ3n) is 2.10. The highest BCUT2D eigenvalue weighted by atomic mass is 32.2. The van der Waals surface area contributed by atoms with Crippen molar-refractivity contribution in [2.75, 3.05) is 14.1 Å². The summed E-state index contributed by atoms with van der Waals surface area (Å²) in [6.45, 7) is 1.50. The first kappa shape index (κ1) is 13.4. The SMILES string of the molecule is CC(C(=O)N(C)C)S(=O)c1ccc(C(=O)O)o1. The van der Waals surface area contributed by atoms with Gasteiger partial charge in [-0.2, -0.15) is 0 Å². The van der Waals surface area contributed by atoms with Gasteiger partial charge >= 0.3 is 5.97 Å². The van der Waals surface area contributed by atoms with E-state index in [1.54, 1.807) is 14.1 Å². The molecule has 0 radical (unpaired) electrons. The first-order valence-corrected chi connectivity index (χ1v) is 6.00. The molecule has 0 aromatic carbocycles. The minimum Gasteiger partial charge on any atom is -0.475 e. The Labute approximate surface area is 101 Å². The Kier molecular flexibility index (Phi) is 4.06. The van der Waals surface area contributed by atoms with Crippen molar-refractivity contribution in [3.8, 4) is 0 Å². The van der Waals surface area contributed by atoms with Gasteiger partial charge in [0.2, 0.25) is 11.7 Å². The second-order valence-electron chi connectivity index (χ2n) is 3.60. The van der Waals surface area contributed by atoms with Gasteiger partial charge in [0.25, 0.3) is 0 Å². The highest BCUT2D eigenvalue weighted by Gasteiger charge is 2.25. The fraction of sp³-hybridized carbons (Fsp3) is 0.400. The summed E-state index contributed by atoms with van der Waals surface area (Å²) >= 11 is 0. The number of carboxylic acids is 1. The Morgan fingerprint density at radius 3 is 2.41 bits per heavy atom. The van der Waals surface area contributed by atoms with Crippen molar-refractivity contribution < 1.29 is 23.3 Å². The van der Waals surface area contributed by atoms with E-state index >= 15 is 0 Å². The summed E-state index contributed by atoms with van der Waals surface area (Å²) in [5.74, 6) is -1.84. The van der Waals surface area contributed by atoms with Crippen molar-refractivity contribution in [1.29, 1.82) is 0 Å². The number of carbonyl (C=O) groups excluding carboxylic acids is 1. The van der Waals surface area contributed by atoms with Crippen LogP contribution in [0, 0.1) is 0 Å². The van der Waals surface area contributed by atoms with E-state index in [-0.39, 0.29) is 16.8 Å². The van der Waals surface area contributed by atoms with Gasteiger partial charge in [0.15, 0.2) is 5.09 Å². The van der Waals surface area contributed by atoms with E-state index in [1.165, 1.54) is 24.0 Å². The van der Waals surface area contributed by atoms with Crippen LogP contribution in [0.25, 0.3) is 0 Å². The summed E-state index contributed by atoms with van der Waals surface area (Å²) in [6, 6.07) is 2.52. The van der Waals surface area contributed by atoms with Crippen LogP contribution in [0.5, 0.6) is 0 Å². The van der Waals surface area contributed by atoms with Crippen LogP contribution in [-0.4, -0.2) is 45.4 Å². The molecule has 0 aliphatic heterocycles. The fourth-order valence-corrected chi connectivity index (χ4v) is 2.29. The smallest absolute Gasteiger partial charge is 0.371 e. The molecule has 6 nitrogen and oxygen atoms in total. The lowest BCUT2D eigenvalue weighted by Gasteiger charge is -2.14. The van der Waals surface area contributed by atoms with Crippen molar-refractivity contribution in [1.82, 2.24) is 4.90 Å². The minimum absolute atomic E-state index is 0.00917. The third-order valence-corrected chi connectivity index (χ3v) is 3.56. The highest BCUT2D eigenvalue weighted by molar-refractivity contribution is 7.86. The number of amides is 1. The van der Waals surface area contributed by atoms with Gasteiger partial charge in [-0.15, -0.1) is 0 Å². The molecule has 1 N–H and O–H groups in total. The van der Waals surface area contributed by atoms with Crippen LogP contribution in [-0.2, 0) is 15.6 Å². The van der Waals surface area contributed by atoms with Gasteiger partial charge in [-0.25, -0.2) is 4.79 Å². The lowest BCUT2D eigenvalue weighted by molar-refractivity contribution is -0.127. The summed E-state index contributed by atoms with van der Waals surface area (Å²) in [7, 11) is 1.42. The molecule has 0 spiro atoms. The normalized spacial score (nSPS) is 14.1. The molecule has 1 heterocycles. The molecule has 1 amide bonds. The van der Waals surface area contributed by atoms with Crippen molar-refractivity contribution in [2.45, 2.75) is 17.3 Å². The number of aromatic carboxylic acids is 1. The molecule has 7 heteroatoms. The summed E-state index contributed by atoms with van der Waals surface area (Å²) in [4.78, 5) is 23.5. The molecule has 0 fully saturated rings. The van der Waals surface area contributed by atoms with Crippen LogP contribution in [0.4, 0.5) is 0 Å². The first-order valence-electron chi connectivity index (χ1n) is 4.79. The van der Waals surface area contributed by atoms with Gasteiger partial charge < -0.3 is 14.4 Å². The zero-order valence-corrected chi connectivity index (χ0v) is 10.5. The molecular weight excluding hydrogens is 246 g/mol. The predicted molar refractivity (Wildman–Crippen MR) is 60.2 cm³/mol. The Hall–Kier alpha value is -1.63. The first-order chi connectivity index (χ1) is 7.84. The fourth-order valence-electron chi connectivity index (χ4n) is 1.17. The highest BCUT2D eigenvalue weighted by Crippen LogP contribution is 2.16. The van der Waals surface area contributed by atoms with Gasteiger partial charge in [0.1, 0.15) is 16.0 Å². The lowest BCUT2D eigenvalue weighted by atomic mass is 10.4. The molecule has 1 rings (SSSR count). The number of hydrogen-bond acceptors (Lipinski definition) is 4. The van der Waals surface area contributed by atoms with E-state index in [9.17, 15) is 13.8 Å². The summed E-state index contributed by atoms with van der Waals surface area (Å²) in [5, 5.41) is 7.86. The Morgan fingerprint density at radius 2 is 2.00 bits per heavy atom.